The molecule has 1 unspecified atom stereocenters. The summed E-state index contributed by atoms with van der Waals surface area (Å²) in [6, 6.07) is 7.03. The lowest BCUT2D eigenvalue weighted by Crippen LogP contribution is -2.75. The molecule has 1 aliphatic heterocycles. The Kier molecular flexibility index (Phi) is 5.84. The van der Waals surface area contributed by atoms with Crippen LogP contribution >= 0.6 is 23.2 Å². The minimum atomic E-state index is -4.45. The molecule has 5 nitrogen and oxygen atoms in total. The lowest BCUT2D eigenvalue weighted by Gasteiger charge is -2.62. The number of rotatable bonds is 4. The SMILES string of the molecule is COC(=O)C12CC[C@H]1N(C(=O)c1ccc(Cl)c(Cc3cc4c(C)cc(C(F)(F)F)cc4n3C)c1Cl)C2. The predicted octanol–water partition coefficient (Wildman–Crippen LogP) is 6.18. The van der Waals surface area contributed by atoms with Crippen molar-refractivity contribution in [3.8, 4) is 0 Å². The quantitative estimate of drug-likeness (QED) is 0.372. The first-order valence-corrected chi connectivity index (χ1v) is 12.2. The van der Waals surface area contributed by atoms with E-state index in [0.29, 0.717) is 45.6 Å². The van der Waals surface area contributed by atoms with Crippen LogP contribution in [0.3, 0.4) is 0 Å². The minimum absolute atomic E-state index is 0.195. The molecule has 1 aromatic heterocycles. The molecule has 5 rings (SSSR count). The number of methoxy groups -OCH3 is 1. The van der Waals surface area contributed by atoms with Gasteiger partial charge in [0.2, 0.25) is 0 Å². The molecule has 190 valence electrons. The van der Waals surface area contributed by atoms with Gasteiger partial charge < -0.3 is 14.2 Å². The predicted molar refractivity (Wildman–Crippen MR) is 130 cm³/mol. The van der Waals surface area contributed by atoms with Crippen molar-refractivity contribution in [3.63, 3.8) is 0 Å². The molecule has 0 spiro atoms. The second kappa shape index (κ2) is 8.42. The Labute approximate surface area is 215 Å². The number of amides is 1. The van der Waals surface area contributed by atoms with Crippen LogP contribution in [-0.4, -0.2) is 41.0 Å². The largest absolute Gasteiger partial charge is 0.468 e. The highest BCUT2D eigenvalue weighted by Crippen LogP contribution is 2.54. The van der Waals surface area contributed by atoms with Gasteiger partial charge in [0.15, 0.2) is 0 Å². The lowest BCUT2D eigenvalue weighted by molar-refractivity contribution is -0.188. The first-order valence-electron chi connectivity index (χ1n) is 11.4. The summed E-state index contributed by atoms with van der Waals surface area (Å²) < 4.78 is 46.6. The van der Waals surface area contributed by atoms with E-state index < -0.39 is 17.2 Å². The molecule has 1 aliphatic carbocycles. The number of likely N-dealkylation sites (tertiary alicyclic amines) is 1. The van der Waals surface area contributed by atoms with Crippen molar-refractivity contribution in [3.05, 3.63) is 68.3 Å². The van der Waals surface area contributed by atoms with Crippen LogP contribution < -0.4 is 0 Å². The van der Waals surface area contributed by atoms with E-state index in [-0.39, 0.29) is 41.5 Å². The van der Waals surface area contributed by atoms with Gasteiger partial charge in [-0.25, -0.2) is 0 Å². The van der Waals surface area contributed by atoms with Crippen molar-refractivity contribution >= 4 is 46.0 Å². The van der Waals surface area contributed by atoms with Gasteiger partial charge in [0.05, 0.1) is 23.3 Å². The molecule has 36 heavy (non-hydrogen) atoms. The molecule has 2 fully saturated rings. The summed E-state index contributed by atoms with van der Waals surface area (Å²) in [6.07, 6.45) is -2.83. The van der Waals surface area contributed by atoms with Gasteiger partial charge >= 0.3 is 12.1 Å². The van der Waals surface area contributed by atoms with Crippen molar-refractivity contribution < 1.29 is 27.5 Å². The molecule has 0 bridgehead atoms. The van der Waals surface area contributed by atoms with Crippen LogP contribution in [-0.2, 0) is 29.2 Å². The van der Waals surface area contributed by atoms with E-state index in [1.165, 1.54) is 7.11 Å². The normalized spacial score (nSPS) is 21.1. The van der Waals surface area contributed by atoms with Crippen LogP contribution in [0, 0.1) is 12.3 Å². The molecular weight excluding hydrogens is 516 g/mol. The molecule has 2 heterocycles. The molecule has 1 saturated carbocycles. The third-order valence-electron chi connectivity index (χ3n) is 7.75. The minimum Gasteiger partial charge on any atom is -0.468 e. The maximum Gasteiger partial charge on any atom is 0.416 e. The van der Waals surface area contributed by atoms with Gasteiger partial charge in [-0.2, -0.15) is 13.2 Å². The van der Waals surface area contributed by atoms with E-state index in [9.17, 15) is 22.8 Å². The summed E-state index contributed by atoms with van der Waals surface area (Å²) in [7, 11) is 3.04. The van der Waals surface area contributed by atoms with E-state index in [1.54, 1.807) is 35.6 Å². The Morgan fingerprint density at radius 3 is 2.50 bits per heavy atom. The number of halogens is 5. The van der Waals surface area contributed by atoms with Crippen molar-refractivity contribution in [1.29, 1.82) is 0 Å². The number of carbonyl (C=O) groups excluding carboxylic acids is 2. The Hall–Kier alpha value is -2.71. The summed E-state index contributed by atoms with van der Waals surface area (Å²) in [6.45, 7) is 1.92. The number of carbonyl (C=O) groups is 2. The zero-order valence-corrected chi connectivity index (χ0v) is 21.3. The smallest absolute Gasteiger partial charge is 0.416 e. The Bertz CT molecular complexity index is 1430. The molecule has 2 aromatic carbocycles. The summed E-state index contributed by atoms with van der Waals surface area (Å²) in [4.78, 5) is 27.2. The maximum absolute atomic E-state index is 13.3. The van der Waals surface area contributed by atoms with E-state index in [4.69, 9.17) is 27.9 Å². The van der Waals surface area contributed by atoms with E-state index in [0.717, 1.165) is 12.1 Å². The number of aryl methyl sites for hydroxylation is 2. The van der Waals surface area contributed by atoms with Crippen molar-refractivity contribution in [1.82, 2.24) is 9.47 Å². The summed E-state index contributed by atoms with van der Waals surface area (Å²) in [5, 5.41) is 1.25. The highest BCUT2D eigenvalue weighted by molar-refractivity contribution is 6.38. The van der Waals surface area contributed by atoms with E-state index in [1.807, 2.05) is 6.07 Å². The van der Waals surface area contributed by atoms with Gasteiger partial charge in [0.25, 0.3) is 5.91 Å². The second-order valence-corrected chi connectivity index (χ2v) is 10.4. The number of nitrogens with zero attached hydrogens (tertiary/aromatic N) is 2. The standard InChI is InChI=1S/C26H23Cl2F3N2O3/c1-13-8-14(26(29,30)31)9-20-17(13)10-15(32(20)2)11-18-19(27)5-4-16(22(18)28)23(34)33-12-25(24(35)36-3)7-6-21(25)33/h4-5,8-10,21H,6-7,11-12H2,1-3H3/t21-,25?/m1/s1. The number of ether oxygens (including phenoxy) is 1. The van der Waals surface area contributed by atoms with Gasteiger partial charge in [-0.15, -0.1) is 0 Å². The van der Waals surface area contributed by atoms with Crippen LogP contribution in [0.5, 0.6) is 0 Å². The number of hydrogen-bond acceptors (Lipinski definition) is 3. The monoisotopic (exact) mass is 538 g/mol. The number of benzene rings is 2. The Morgan fingerprint density at radius 2 is 1.92 bits per heavy atom. The molecule has 0 N–H and O–H groups in total. The van der Waals surface area contributed by atoms with Crippen molar-refractivity contribution in [2.75, 3.05) is 13.7 Å². The fourth-order valence-electron chi connectivity index (χ4n) is 5.54. The number of alkyl halides is 3. The van der Waals surface area contributed by atoms with Gasteiger partial charge in [-0.3, -0.25) is 9.59 Å². The van der Waals surface area contributed by atoms with Crippen LogP contribution in [0.15, 0.2) is 30.3 Å². The maximum atomic E-state index is 13.3. The number of aromatic nitrogens is 1. The Morgan fingerprint density at radius 1 is 1.19 bits per heavy atom. The van der Waals surface area contributed by atoms with E-state index in [2.05, 4.69) is 0 Å². The highest BCUT2D eigenvalue weighted by Gasteiger charge is 2.66. The number of hydrogen-bond donors (Lipinski definition) is 0. The fraction of sp³-hybridized carbons (Fsp3) is 0.385. The first-order chi connectivity index (χ1) is 16.9. The highest BCUT2D eigenvalue weighted by atomic mass is 35.5. The summed E-state index contributed by atoms with van der Waals surface area (Å²) in [5.41, 5.74) is 1.11. The molecule has 10 heteroatoms. The second-order valence-electron chi connectivity index (χ2n) is 9.62. The van der Waals surface area contributed by atoms with Gasteiger partial charge in [0.1, 0.15) is 5.41 Å². The summed E-state index contributed by atoms with van der Waals surface area (Å²) >= 11 is 13.2. The average molecular weight is 539 g/mol. The average Bonchev–Trinajstić information content (AvgIpc) is 3.13. The Balaban J connectivity index is 1.47. The van der Waals surface area contributed by atoms with Crippen LogP contribution in [0.25, 0.3) is 10.9 Å². The molecule has 0 radical (unpaired) electrons. The number of esters is 1. The molecule has 2 aliphatic rings. The molecule has 1 saturated heterocycles. The van der Waals surface area contributed by atoms with Crippen molar-refractivity contribution in [2.45, 2.75) is 38.4 Å². The van der Waals surface area contributed by atoms with E-state index >= 15 is 0 Å². The molecule has 3 aromatic rings. The van der Waals surface area contributed by atoms with Crippen LogP contribution in [0.1, 0.15) is 45.6 Å². The molecular formula is C26H23Cl2F3N2O3. The van der Waals surface area contributed by atoms with Crippen molar-refractivity contribution in [2.24, 2.45) is 12.5 Å². The van der Waals surface area contributed by atoms with Gasteiger partial charge in [-0.05, 0) is 61.2 Å². The van der Waals surface area contributed by atoms with Crippen LogP contribution in [0.2, 0.25) is 10.0 Å². The summed E-state index contributed by atoms with van der Waals surface area (Å²) in [5.74, 6) is -0.588. The molecule has 2 atom stereocenters. The third-order valence-corrected chi connectivity index (χ3v) is 8.54. The first kappa shape index (κ1) is 25.0. The third kappa shape index (κ3) is 3.60. The van der Waals surface area contributed by atoms with Gasteiger partial charge in [0, 0.05) is 47.7 Å². The topological polar surface area (TPSA) is 51.5 Å². The molecule has 1 amide bonds. The zero-order chi connectivity index (χ0) is 26.2. The lowest BCUT2D eigenvalue weighted by atomic mass is 9.57. The number of piperidine rings is 1. The number of fused-ring (bicyclic) bond motifs is 2. The van der Waals surface area contributed by atoms with Gasteiger partial charge in [-0.1, -0.05) is 23.2 Å². The zero-order valence-electron chi connectivity index (χ0n) is 19.8. The van der Waals surface area contributed by atoms with Crippen LogP contribution in [0.4, 0.5) is 13.2 Å². The fourth-order valence-corrected chi connectivity index (χ4v) is 6.12.